The molecule has 0 aliphatic heterocycles. The maximum absolute atomic E-state index is 5.59. The van der Waals surface area contributed by atoms with Crippen molar-refractivity contribution in [2.24, 2.45) is 5.73 Å². The fraction of sp³-hybridized carbons (Fsp3) is 0.444. The molecule has 1 heterocycles. The van der Waals surface area contributed by atoms with E-state index in [0.29, 0.717) is 6.54 Å². The molecule has 72 valence electrons. The third kappa shape index (κ3) is 2.97. The van der Waals surface area contributed by atoms with Gasteiger partial charge in [0.15, 0.2) is 0 Å². The van der Waals surface area contributed by atoms with Gasteiger partial charge in [-0.2, -0.15) is 0 Å². The zero-order valence-electron chi connectivity index (χ0n) is 7.68. The van der Waals surface area contributed by atoms with Crippen LogP contribution in [0.5, 0.6) is 0 Å². The summed E-state index contributed by atoms with van der Waals surface area (Å²) in [4.78, 5) is 4.25. The van der Waals surface area contributed by atoms with Gasteiger partial charge in [0.2, 0.25) is 0 Å². The molecule has 0 spiro atoms. The van der Waals surface area contributed by atoms with Crippen molar-refractivity contribution in [1.82, 2.24) is 4.98 Å². The van der Waals surface area contributed by atoms with Gasteiger partial charge in [0.05, 0.1) is 0 Å². The first-order valence-corrected chi connectivity index (χ1v) is 5.15. The Kier molecular flexibility index (Phi) is 4.18. The highest BCUT2D eigenvalue weighted by molar-refractivity contribution is 9.10. The number of nitrogens with one attached hydrogen (secondary N) is 1. The van der Waals surface area contributed by atoms with Gasteiger partial charge < -0.3 is 11.1 Å². The van der Waals surface area contributed by atoms with Crippen LogP contribution in [0.25, 0.3) is 0 Å². The zero-order valence-corrected chi connectivity index (χ0v) is 9.26. The van der Waals surface area contributed by atoms with Crippen molar-refractivity contribution in [3.8, 4) is 0 Å². The molecule has 3 N–H and O–H groups in total. The Balaban J connectivity index is 2.79. The Hall–Kier alpha value is -0.610. The summed E-state index contributed by atoms with van der Waals surface area (Å²) in [6.45, 7) is 3.56. The first kappa shape index (κ1) is 10.5. The predicted octanol–water partition coefficient (Wildman–Crippen LogP) is 2.12. The normalized spacial score (nSPS) is 10.1. The Labute approximate surface area is 86.9 Å². The van der Waals surface area contributed by atoms with Crippen molar-refractivity contribution < 1.29 is 0 Å². The fourth-order valence-electron chi connectivity index (χ4n) is 1.04. The smallest absolute Gasteiger partial charge is 0.130 e. The maximum Gasteiger partial charge on any atom is 0.130 e. The van der Waals surface area contributed by atoms with E-state index >= 15 is 0 Å². The van der Waals surface area contributed by atoms with Gasteiger partial charge in [-0.1, -0.05) is 6.92 Å². The lowest BCUT2D eigenvalue weighted by atomic mass is 10.2. The highest BCUT2D eigenvalue weighted by atomic mass is 79.9. The number of hydrogen-bond acceptors (Lipinski definition) is 3. The molecule has 0 aromatic carbocycles. The highest BCUT2D eigenvalue weighted by Crippen LogP contribution is 2.17. The SMILES string of the molecule is CCCNc1ncc(Br)cc1CN. The number of nitrogens with two attached hydrogens (primary N) is 1. The minimum atomic E-state index is 0.512. The second kappa shape index (κ2) is 5.19. The Morgan fingerprint density at radius 3 is 3.00 bits per heavy atom. The van der Waals surface area contributed by atoms with Gasteiger partial charge in [-0.05, 0) is 28.4 Å². The average molecular weight is 244 g/mol. The number of anilines is 1. The summed E-state index contributed by atoms with van der Waals surface area (Å²) < 4.78 is 0.968. The van der Waals surface area contributed by atoms with Crippen LogP contribution in [0.4, 0.5) is 5.82 Å². The van der Waals surface area contributed by atoms with Crippen molar-refractivity contribution in [3.63, 3.8) is 0 Å². The summed E-state index contributed by atoms with van der Waals surface area (Å²) in [5.74, 6) is 0.896. The number of halogens is 1. The lowest BCUT2D eigenvalue weighted by Crippen LogP contribution is -2.08. The van der Waals surface area contributed by atoms with Gasteiger partial charge >= 0.3 is 0 Å². The quantitative estimate of drug-likeness (QED) is 0.852. The molecule has 4 heteroatoms. The topological polar surface area (TPSA) is 50.9 Å². The van der Waals surface area contributed by atoms with Crippen molar-refractivity contribution >= 4 is 21.7 Å². The Morgan fingerprint density at radius 1 is 1.62 bits per heavy atom. The van der Waals surface area contributed by atoms with Crippen LogP contribution in [-0.4, -0.2) is 11.5 Å². The van der Waals surface area contributed by atoms with E-state index in [-0.39, 0.29) is 0 Å². The van der Waals surface area contributed by atoms with Crippen LogP contribution in [-0.2, 0) is 6.54 Å². The second-order valence-electron chi connectivity index (χ2n) is 2.79. The molecule has 0 saturated heterocycles. The van der Waals surface area contributed by atoms with Gasteiger partial charge in [0.1, 0.15) is 5.82 Å². The third-order valence-electron chi connectivity index (χ3n) is 1.70. The van der Waals surface area contributed by atoms with Crippen LogP contribution in [0.3, 0.4) is 0 Å². The summed E-state index contributed by atoms with van der Waals surface area (Å²) in [7, 11) is 0. The Bertz CT molecular complexity index is 276. The molecule has 0 unspecified atom stereocenters. The van der Waals surface area contributed by atoms with Gasteiger partial charge in [-0.25, -0.2) is 4.98 Å². The van der Waals surface area contributed by atoms with E-state index in [2.05, 4.69) is 33.2 Å². The number of rotatable bonds is 4. The molecule has 0 fully saturated rings. The number of nitrogens with zero attached hydrogens (tertiary/aromatic N) is 1. The molecular weight excluding hydrogens is 230 g/mol. The van der Waals surface area contributed by atoms with E-state index in [1.54, 1.807) is 6.20 Å². The lowest BCUT2D eigenvalue weighted by molar-refractivity contribution is 0.951. The number of aromatic nitrogens is 1. The minimum Gasteiger partial charge on any atom is -0.370 e. The number of pyridine rings is 1. The molecular formula is C9H14BrN3. The molecule has 1 aromatic rings. The fourth-order valence-corrected chi connectivity index (χ4v) is 1.42. The first-order chi connectivity index (χ1) is 6.27. The molecule has 0 radical (unpaired) electrons. The van der Waals surface area contributed by atoms with E-state index in [9.17, 15) is 0 Å². The molecule has 1 rings (SSSR count). The van der Waals surface area contributed by atoms with E-state index < -0.39 is 0 Å². The van der Waals surface area contributed by atoms with Gasteiger partial charge in [0.25, 0.3) is 0 Å². The van der Waals surface area contributed by atoms with Gasteiger partial charge in [-0.3, -0.25) is 0 Å². The zero-order chi connectivity index (χ0) is 9.68. The lowest BCUT2D eigenvalue weighted by Gasteiger charge is -2.08. The molecule has 0 amide bonds. The second-order valence-corrected chi connectivity index (χ2v) is 3.71. The summed E-state index contributed by atoms with van der Waals surface area (Å²) >= 11 is 3.36. The van der Waals surface area contributed by atoms with Crippen LogP contribution in [0, 0.1) is 0 Å². The van der Waals surface area contributed by atoms with Crippen molar-refractivity contribution in [3.05, 3.63) is 22.3 Å². The minimum absolute atomic E-state index is 0.512. The van der Waals surface area contributed by atoms with E-state index in [1.807, 2.05) is 6.07 Å². The van der Waals surface area contributed by atoms with Crippen molar-refractivity contribution in [1.29, 1.82) is 0 Å². The summed E-state index contributed by atoms with van der Waals surface area (Å²) in [5.41, 5.74) is 6.63. The van der Waals surface area contributed by atoms with Gasteiger partial charge in [-0.15, -0.1) is 0 Å². The van der Waals surface area contributed by atoms with E-state index in [1.165, 1.54) is 0 Å². The monoisotopic (exact) mass is 243 g/mol. The molecule has 0 aliphatic carbocycles. The largest absolute Gasteiger partial charge is 0.370 e. The maximum atomic E-state index is 5.59. The van der Waals surface area contributed by atoms with Crippen LogP contribution >= 0.6 is 15.9 Å². The third-order valence-corrected chi connectivity index (χ3v) is 2.13. The average Bonchev–Trinajstić information content (AvgIpc) is 2.16. The van der Waals surface area contributed by atoms with E-state index in [4.69, 9.17) is 5.73 Å². The van der Waals surface area contributed by atoms with Crippen molar-refractivity contribution in [2.45, 2.75) is 19.9 Å². The first-order valence-electron chi connectivity index (χ1n) is 4.36. The standard InChI is InChI=1S/C9H14BrN3/c1-2-3-12-9-7(5-11)4-8(10)6-13-9/h4,6H,2-3,5,11H2,1H3,(H,12,13). The van der Waals surface area contributed by atoms with Crippen molar-refractivity contribution in [2.75, 3.05) is 11.9 Å². The molecule has 13 heavy (non-hydrogen) atoms. The summed E-state index contributed by atoms with van der Waals surface area (Å²) in [6.07, 6.45) is 2.86. The molecule has 1 aromatic heterocycles. The van der Waals surface area contributed by atoms with Crippen LogP contribution in [0.2, 0.25) is 0 Å². The van der Waals surface area contributed by atoms with E-state index in [0.717, 1.165) is 28.8 Å². The van der Waals surface area contributed by atoms with Crippen LogP contribution in [0.15, 0.2) is 16.7 Å². The molecule has 0 bridgehead atoms. The molecule has 0 aliphatic rings. The number of hydrogen-bond donors (Lipinski definition) is 2. The molecule has 3 nitrogen and oxygen atoms in total. The summed E-state index contributed by atoms with van der Waals surface area (Å²) in [6, 6.07) is 1.99. The van der Waals surface area contributed by atoms with Gasteiger partial charge in [0, 0.05) is 29.3 Å². The molecule has 0 atom stereocenters. The molecule has 0 saturated carbocycles. The summed E-state index contributed by atoms with van der Waals surface area (Å²) in [5, 5.41) is 3.23. The van der Waals surface area contributed by atoms with Crippen LogP contribution in [0.1, 0.15) is 18.9 Å². The predicted molar refractivity (Wildman–Crippen MR) is 58.6 cm³/mol. The highest BCUT2D eigenvalue weighted by Gasteiger charge is 2.01. The van der Waals surface area contributed by atoms with Crippen LogP contribution < -0.4 is 11.1 Å². The Morgan fingerprint density at radius 2 is 2.38 bits per heavy atom.